The first-order chi connectivity index (χ1) is 16.0. The van der Waals surface area contributed by atoms with Gasteiger partial charge in [-0.3, -0.25) is 0 Å². The van der Waals surface area contributed by atoms with Crippen molar-refractivity contribution in [3.8, 4) is 0 Å². The van der Waals surface area contributed by atoms with Crippen molar-refractivity contribution in [2.24, 2.45) is 10.3 Å². The average molecular weight is 500 g/mol. The van der Waals surface area contributed by atoms with Crippen LogP contribution in [0.1, 0.15) is 60.8 Å². The van der Waals surface area contributed by atoms with Crippen LogP contribution in [0.5, 0.6) is 0 Å². The molecule has 2 aromatic carbocycles. The quantitative estimate of drug-likeness (QED) is 0.340. The first-order valence-corrected chi connectivity index (χ1v) is 15.1. The molecule has 3 rings (SSSR count). The van der Waals surface area contributed by atoms with Crippen molar-refractivity contribution in [3.63, 3.8) is 0 Å². The van der Waals surface area contributed by atoms with Crippen LogP contribution >= 0.6 is 0 Å². The molecule has 1 saturated carbocycles. The number of nitrogens with zero attached hydrogens (tertiary/aromatic N) is 1. The molecule has 6 heteroatoms. The molecule has 0 radical (unpaired) electrons. The maximum Gasteiger partial charge on any atom is 0.261 e. The van der Waals surface area contributed by atoms with Gasteiger partial charge in [0, 0.05) is 12.5 Å². The van der Waals surface area contributed by atoms with Crippen LogP contribution < -0.4 is 10.4 Å². The van der Waals surface area contributed by atoms with E-state index in [1.807, 2.05) is 32.9 Å². The second-order valence-electron chi connectivity index (χ2n) is 11.0. The van der Waals surface area contributed by atoms with E-state index in [4.69, 9.17) is 4.43 Å². The van der Waals surface area contributed by atoms with Gasteiger partial charge in [-0.25, -0.2) is 8.60 Å². The SMILES string of the molecule is CC(C)(C)S(=O)/N=C/C(F)=C1\CCC[C@H]1CO[Si](c1ccccc1)(c1ccccc1)C(C)(C)C. The van der Waals surface area contributed by atoms with Gasteiger partial charge in [-0.05, 0) is 61.0 Å². The predicted molar refractivity (Wildman–Crippen MR) is 145 cm³/mol. The Morgan fingerprint density at radius 1 is 1.03 bits per heavy atom. The highest BCUT2D eigenvalue weighted by Crippen LogP contribution is 2.39. The third-order valence-electron chi connectivity index (χ3n) is 6.50. The first kappa shape index (κ1) is 26.7. The van der Waals surface area contributed by atoms with Gasteiger partial charge in [0.2, 0.25) is 0 Å². The van der Waals surface area contributed by atoms with Crippen molar-refractivity contribution in [1.29, 1.82) is 0 Å². The van der Waals surface area contributed by atoms with E-state index in [0.29, 0.717) is 13.0 Å². The molecule has 1 fully saturated rings. The third kappa shape index (κ3) is 5.84. The topological polar surface area (TPSA) is 38.7 Å². The fourth-order valence-corrected chi connectivity index (χ4v) is 9.85. The molecule has 0 bridgehead atoms. The number of benzene rings is 2. The zero-order valence-corrected chi connectivity index (χ0v) is 23.1. The highest BCUT2D eigenvalue weighted by molar-refractivity contribution is 7.85. The average Bonchev–Trinajstić information content (AvgIpc) is 3.26. The lowest BCUT2D eigenvalue weighted by atomic mass is 10.0. The lowest BCUT2D eigenvalue weighted by Crippen LogP contribution is -2.66. The molecule has 1 unspecified atom stereocenters. The normalized spacial score (nSPS) is 20.0. The summed E-state index contributed by atoms with van der Waals surface area (Å²) in [5.41, 5.74) is 0.743. The second-order valence-corrected chi connectivity index (χ2v) is 17.3. The van der Waals surface area contributed by atoms with E-state index in [1.165, 1.54) is 10.4 Å². The van der Waals surface area contributed by atoms with Gasteiger partial charge in [0.05, 0.1) is 11.0 Å². The minimum absolute atomic E-state index is 0.00354. The summed E-state index contributed by atoms with van der Waals surface area (Å²) in [4.78, 5) is 0. The molecule has 184 valence electrons. The minimum atomic E-state index is -2.67. The van der Waals surface area contributed by atoms with Gasteiger partial charge >= 0.3 is 0 Å². The molecule has 0 spiro atoms. The minimum Gasteiger partial charge on any atom is -0.407 e. The molecule has 0 aliphatic heterocycles. The predicted octanol–water partition coefficient (Wildman–Crippen LogP) is 6.12. The largest absolute Gasteiger partial charge is 0.407 e. The maximum absolute atomic E-state index is 15.2. The van der Waals surface area contributed by atoms with E-state index in [1.54, 1.807) is 0 Å². The van der Waals surface area contributed by atoms with Crippen LogP contribution in [0.4, 0.5) is 4.39 Å². The molecule has 0 N–H and O–H groups in total. The Morgan fingerprint density at radius 3 is 2.03 bits per heavy atom. The lowest BCUT2D eigenvalue weighted by molar-refractivity contribution is 0.254. The van der Waals surface area contributed by atoms with Gasteiger partial charge in [0.15, 0.2) is 0 Å². The molecule has 1 aliphatic rings. The molecule has 0 amide bonds. The summed E-state index contributed by atoms with van der Waals surface area (Å²) in [5, 5.41) is 2.32. The zero-order chi connectivity index (χ0) is 25.0. The number of halogens is 1. The standard InChI is InChI=1S/C28H38FNO2SSi/c1-27(2,3)33(31)30-20-26(29)25-19-13-14-22(25)21-32-34(28(4,5)6,23-15-9-7-10-16-23)24-17-11-8-12-18-24/h7-12,15-18,20,22H,13-14,19,21H2,1-6H3/b26-25-,30-20+/t22-,33?/m0/s1. The summed E-state index contributed by atoms with van der Waals surface area (Å²) in [6, 6.07) is 21.0. The van der Waals surface area contributed by atoms with Gasteiger partial charge in [0.25, 0.3) is 8.32 Å². The van der Waals surface area contributed by atoms with Crippen molar-refractivity contribution in [3.05, 3.63) is 72.1 Å². The summed E-state index contributed by atoms with van der Waals surface area (Å²) in [6.45, 7) is 12.7. The zero-order valence-electron chi connectivity index (χ0n) is 21.3. The molecule has 2 aromatic rings. The Bertz CT molecular complexity index is 1000. The molecule has 0 saturated heterocycles. The molecule has 3 nitrogen and oxygen atoms in total. The summed E-state index contributed by atoms with van der Waals surface area (Å²) in [7, 11) is -4.15. The highest BCUT2D eigenvalue weighted by atomic mass is 32.2. The Kier molecular flexibility index (Phi) is 8.48. The van der Waals surface area contributed by atoms with Gasteiger partial charge in [-0.1, -0.05) is 81.4 Å². The maximum atomic E-state index is 15.2. The molecular formula is C28H38FNO2SSi. The Labute approximate surface area is 208 Å². The van der Waals surface area contributed by atoms with Crippen LogP contribution in [0.2, 0.25) is 5.04 Å². The summed E-state index contributed by atoms with van der Waals surface area (Å²) in [5.74, 6) is -0.359. The van der Waals surface area contributed by atoms with Crippen LogP contribution in [0, 0.1) is 5.92 Å². The van der Waals surface area contributed by atoms with Gasteiger partial charge in [0.1, 0.15) is 16.8 Å². The second kappa shape index (κ2) is 10.8. The van der Waals surface area contributed by atoms with Crippen molar-refractivity contribution in [2.45, 2.75) is 70.6 Å². The van der Waals surface area contributed by atoms with E-state index in [2.05, 4.69) is 73.7 Å². The first-order valence-electron chi connectivity index (χ1n) is 12.1. The summed E-state index contributed by atoms with van der Waals surface area (Å²) < 4.78 is 37.9. The van der Waals surface area contributed by atoms with E-state index in [-0.39, 0.29) is 16.8 Å². The summed E-state index contributed by atoms with van der Waals surface area (Å²) in [6.07, 6.45) is 3.66. The van der Waals surface area contributed by atoms with E-state index in [0.717, 1.165) is 24.6 Å². The third-order valence-corrected chi connectivity index (χ3v) is 12.9. The van der Waals surface area contributed by atoms with Crippen molar-refractivity contribution >= 4 is 35.9 Å². The fraction of sp³-hybridized carbons (Fsp3) is 0.464. The molecular weight excluding hydrogens is 461 g/mol. The van der Waals surface area contributed by atoms with Gasteiger partial charge in [-0.2, -0.15) is 4.40 Å². The van der Waals surface area contributed by atoms with Crippen molar-refractivity contribution in [1.82, 2.24) is 0 Å². The number of hydrogen-bond donors (Lipinski definition) is 0. The van der Waals surface area contributed by atoms with Crippen LogP contribution in [-0.2, 0) is 15.4 Å². The van der Waals surface area contributed by atoms with Crippen LogP contribution in [0.25, 0.3) is 0 Å². The van der Waals surface area contributed by atoms with Gasteiger partial charge < -0.3 is 4.43 Å². The molecule has 2 atom stereocenters. The molecule has 34 heavy (non-hydrogen) atoms. The molecule has 0 heterocycles. The molecule has 1 aliphatic carbocycles. The van der Waals surface area contributed by atoms with E-state index >= 15 is 4.39 Å². The number of allylic oxidation sites excluding steroid dienone is 1. The van der Waals surface area contributed by atoms with E-state index < -0.39 is 24.1 Å². The van der Waals surface area contributed by atoms with E-state index in [9.17, 15) is 4.21 Å². The van der Waals surface area contributed by atoms with Crippen molar-refractivity contribution < 1.29 is 13.0 Å². The van der Waals surface area contributed by atoms with Crippen LogP contribution in [0.3, 0.4) is 0 Å². The Morgan fingerprint density at radius 2 is 1.56 bits per heavy atom. The Hall–Kier alpha value is -1.89. The molecule has 0 aromatic heterocycles. The van der Waals surface area contributed by atoms with Crippen LogP contribution in [-0.4, -0.2) is 30.1 Å². The lowest BCUT2D eigenvalue weighted by Gasteiger charge is -2.43. The monoisotopic (exact) mass is 499 g/mol. The fourth-order valence-electron chi connectivity index (χ4n) is 4.74. The van der Waals surface area contributed by atoms with Crippen molar-refractivity contribution in [2.75, 3.05) is 6.61 Å². The summed E-state index contributed by atoms with van der Waals surface area (Å²) >= 11 is 0. The number of rotatable bonds is 7. The number of hydrogen-bond acceptors (Lipinski definition) is 2. The van der Waals surface area contributed by atoms with Gasteiger partial charge in [-0.15, -0.1) is 0 Å². The van der Waals surface area contributed by atoms with Crippen LogP contribution in [0.15, 0.2) is 76.5 Å². The smallest absolute Gasteiger partial charge is 0.261 e. The Balaban J connectivity index is 1.95. The highest BCUT2D eigenvalue weighted by Gasteiger charge is 2.50.